The van der Waals surface area contributed by atoms with Crippen molar-refractivity contribution in [2.24, 2.45) is 0 Å². The van der Waals surface area contributed by atoms with Gasteiger partial charge in [-0.25, -0.2) is 4.98 Å². The smallest absolute Gasteiger partial charge is 0.0795 e. The van der Waals surface area contributed by atoms with Crippen molar-refractivity contribution in [3.63, 3.8) is 0 Å². The molecule has 1 fully saturated rings. The molecule has 0 aliphatic carbocycles. The predicted molar refractivity (Wildman–Crippen MR) is 73.3 cm³/mol. The van der Waals surface area contributed by atoms with Crippen molar-refractivity contribution < 1.29 is 0 Å². The molecular formula is C13H23N3S. The second kappa shape index (κ2) is 7.09. The van der Waals surface area contributed by atoms with Crippen molar-refractivity contribution in [3.05, 3.63) is 16.6 Å². The van der Waals surface area contributed by atoms with E-state index in [0.29, 0.717) is 6.04 Å². The molecule has 1 unspecified atom stereocenters. The Bertz CT molecular complexity index is 294. The Labute approximate surface area is 108 Å². The molecule has 1 aliphatic heterocycles. The van der Waals surface area contributed by atoms with Crippen molar-refractivity contribution in [1.29, 1.82) is 0 Å². The second-order valence-electron chi connectivity index (χ2n) is 4.86. The average Bonchev–Trinajstić information content (AvgIpc) is 2.99. The molecule has 1 aromatic heterocycles. The number of nitrogens with zero attached hydrogens (tertiary/aromatic N) is 2. The third kappa shape index (κ3) is 4.37. The molecule has 1 atom stereocenters. The number of rotatable bonds is 7. The zero-order valence-corrected chi connectivity index (χ0v) is 11.5. The highest BCUT2D eigenvalue weighted by atomic mass is 32.1. The van der Waals surface area contributed by atoms with Gasteiger partial charge in [-0.05, 0) is 32.4 Å². The SMILES string of the molecule is CCCCN(Cc1cscn1)CC1CCCN1. The maximum Gasteiger partial charge on any atom is 0.0795 e. The van der Waals surface area contributed by atoms with Gasteiger partial charge >= 0.3 is 0 Å². The molecule has 0 radical (unpaired) electrons. The maximum atomic E-state index is 4.40. The summed E-state index contributed by atoms with van der Waals surface area (Å²) in [5.74, 6) is 0. The molecule has 0 amide bonds. The van der Waals surface area contributed by atoms with E-state index in [2.05, 4.69) is 27.5 Å². The minimum atomic E-state index is 0.700. The number of hydrogen-bond donors (Lipinski definition) is 1. The van der Waals surface area contributed by atoms with E-state index in [1.165, 1.54) is 51.0 Å². The Morgan fingerprint density at radius 3 is 3.18 bits per heavy atom. The van der Waals surface area contributed by atoms with Gasteiger partial charge in [-0.3, -0.25) is 4.90 Å². The highest BCUT2D eigenvalue weighted by Crippen LogP contribution is 2.11. The molecule has 4 heteroatoms. The first kappa shape index (κ1) is 13.0. The lowest BCUT2D eigenvalue weighted by Crippen LogP contribution is -2.37. The summed E-state index contributed by atoms with van der Waals surface area (Å²) in [4.78, 5) is 6.95. The van der Waals surface area contributed by atoms with Gasteiger partial charge in [0.1, 0.15) is 0 Å². The fraction of sp³-hybridized carbons (Fsp3) is 0.769. The quantitative estimate of drug-likeness (QED) is 0.809. The van der Waals surface area contributed by atoms with Gasteiger partial charge in [0.2, 0.25) is 0 Å². The lowest BCUT2D eigenvalue weighted by Gasteiger charge is -2.24. The number of unbranched alkanes of at least 4 members (excludes halogenated alkanes) is 1. The standard InChI is InChI=1S/C13H23N3S/c1-2-3-7-16(8-12-5-4-6-14-12)9-13-10-17-11-15-13/h10-12,14H,2-9H2,1H3. The van der Waals surface area contributed by atoms with Gasteiger partial charge in [-0.2, -0.15) is 0 Å². The molecule has 1 aliphatic rings. The molecular weight excluding hydrogens is 230 g/mol. The zero-order valence-electron chi connectivity index (χ0n) is 10.7. The van der Waals surface area contributed by atoms with Gasteiger partial charge in [0.15, 0.2) is 0 Å². The minimum Gasteiger partial charge on any atom is -0.313 e. The van der Waals surface area contributed by atoms with Gasteiger partial charge < -0.3 is 5.32 Å². The van der Waals surface area contributed by atoms with Crippen molar-refractivity contribution in [2.75, 3.05) is 19.6 Å². The molecule has 0 bridgehead atoms. The molecule has 2 heterocycles. The number of nitrogens with one attached hydrogen (secondary N) is 1. The van der Waals surface area contributed by atoms with Crippen LogP contribution in [0, 0.1) is 0 Å². The molecule has 0 saturated carbocycles. The van der Waals surface area contributed by atoms with Crippen molar-refractivity contribution in [1.82, 2.24) is 15.2 Å². The number of aromatic nitrogens is 1. The minimum absolute atomic E-state index is 0.700. The van der Waals surface area contributed by atoms with Crippen LogP contribution >= 0.6 is 11.3 Å². The molecule has 1 N–H and O–H groups in total. The third-order valence-corrected chi connectivity index (χ3v) is 3.97. The maximum absolute atomic E-state index is 4.40. The Hall–Kier alpha value is -0.450. The molecule has 1 aromatic rings. The molecule has 17 heavy (non-hydrogen) atoms. The molecule has 3 nitrogen and oxygen atoms in total. The van der Waals surface area contributed by atoms with Crippen LogP contribution in [0.4, 0.5) is 0 Å². The first-order valence-corrected chi connectivity index (χ1v) is 7.65. The van der Waals surface area contributed by atoms with Crippen molar-refractivity contribution in [3.8, 4) is 0 Å². The van der Waals surface area contributed by atoms with E-state index in [1.54, 1.807) is 11.3 Å². The summed E-state index contributed by atoms with van der Waals surface area (Å²) >= 11 is 1.69. The number of hydrogen-bond acceptors (Lipinski definition) is 4. The van der Waals surface area contributed by atoms with E-state index >= 15 is 0 Å². The van der Waals surface area contributed by atoms with Crippen molar-refractivity contribution >= 4 is 11.3 Å². The first-order chi connectivity index (χ1) is 8.38. The van der Waals surface area contributed by atoms with Crippen LogP contribution in [0.25, 0.3) is 0 Å². The number of thiazole rings is 1. The second-order valence-corrected chi connectivity index (χ2v) is 5.58. The molecule has 96 valence electrons. The summed E-state index contributed by atoms with van der Waals surface area (Å²) in [6.07, 6.45) is 5.23. The Morgan fingerprint density at radius 1 is 1.59 bits per heavy atom. The summed E-state index contributed by atoms with van der Waals surface area (Å²) in [7, 11) is 0. The Morgan fingerprint density at radius 2 is 2.53 bits per heavy atom. The van der Waals surface area contributed by atoms with E-state index in [9.17, 15) is 0 Å². The summed E-state index contributed by atoms with van der Waals surface area (Å²) in [5, 5.41) is 5.75. The lowest BCUT2D eigenvalue weighted by molar-refractivity contribution is 0.235. The summed E-state index contributed by atoms with van der Waals surface area (Å²) < 4.78 is 0. The highest BCUT2D eigenvalue weighted by molar-refractivity contribution is 7.07. The van der Waals surface area contributed by atoms with Gasteiger partial charge in [-0.1, -0.05) is 13.3 Å². The van der Waals surface area contributed by atoms with E-state index in [-0.39, 0.29) is 0 Å². The van der Waals surface area contributed by atoms with E-state index < -0.39 is 0 Å². The largest absolute Gasteiger partial charge is 0.313 e. The summed E-state index contributed by atoms with van der Waals surface area (Å²) in [6.45, 7) is 6.85. The monoisotopic (exact) mass is 253 g/mol. The van der Waals surface area contributed by atoms with Gasteiger partial charge in [0.05, 0.1) is 11.2 Å². The van der Waals surface area contributed by atoms with Gasteiger partial charge in [0.25, 0.3) is 0 Å². The fourth-order valence-electron chi connectivity index (χ4n) is 2.39. The lowest BCUT2D eigenvalue weighted by atomic mass is 10.2. The van der Waals surface area contributed by atoms with Crippen LogP contribution in [-0.2, 0) is 6.54 Å². The molecule has 2 rings (SSSR count). The molecule has 0 aromatic carbocycles. The topological polar surface area (TPSA) is 28.2 Å². The Balaban J connectivity index is 1.83. The summed E-state index contributed by atoms with van der Waals surface area (Å²) in [6, 6.07) is 0.700. The average molecular weight is 253 g/mol. The highest BCUT2D eigenvalue weighted by Gasteiger charge is 2.18. The normalized spacial score (nSPS) is 20.2. The first-order valence-electron chi connectivity index (χ1n) is 6.71. The van der Waals surface area contributed by atoms with Crippen LogP contribution in [0.5, 0.6) is 0 Å². The van der Waals surface area contributed by atoms with Crippen LogP contribution in [0.3, 0.4) is 0 Å². The van der Waals surface area contributed by atoms with Crippen LogP contribution in [0.2, 0.25) is 0 Å². The van der Waals surface area contributed by atoms with Crippen LogP contribution in [0.15, 0.2) is 10.9 Å². The van der Waals surface area contributed by atoms with Crippen LogP contribution in [-0.4, -0.2) is 35.6 Å². The fourth-order valence-corrected chi connectivity index (χ4v) is 2.94. The summed E-state index contributed by atoms with van der Waals surface area (Å²) in [5.41, 5.74) is 3.16. The van der Waals surface area contributed by atoms with Gasteiger partial charge in [-0.15, -0.1) is 11.3 Å². The van der Waals surface area contributed by atoms with Crippen molar-refractivity contribution in [2.45, 2.75) is 45.2 Å². The third-order valence-electron chi connectivity index (χ3n) is 3.34. The molecule has 1 saturated heterocycles. The predicted octanol–water partition coefficient (Wildman–Crippen LogP) is 2.50. The zero-order chi connectivity index (χ0) is 11.9. The molecule has 0 spiro atoms. The van der Waals surface area contributed by atoms with E-state index in [1.807, 2.05) is 5.51 Å². The van der Waals surface area contributed by atoms with Gasteiger partial charge in [0, 0.05) is 24.5 Å². The van der Waals surface area contributed by atoms with Crippen LogP contribution < -0.4 is 5.32 Å². The van der Waals surface area contributed by atoms with E-state index in [4.69, 9.17) is 0 Å². The van der Waals surface area contributed by atoms with Crippen LogP contribution in [0.1, 0.15) is 38.3 Å². The Kier molecular flexibility index (Phi) is 5.42. The van der Waals surface area contributed by atoms with E-state index in [0.717, 1.165) is 6.54 Å².